The maximum Gasteiger partial charge on any atom is 0.490 e. The molecule has 4 rings (SSSR count). The number of benzene rings is 1. The van der Waals surface area contributed by atoms with Gasteiger partial charge in [0.25, 0.3) is 0 Å². The van der Waals surface area contributed by atoms with Crippen LogP contribution in [0.1, 0.15) is 24.2 Å². The van der Waals surface area contributed by atoms with E-state index in [1.807, 2.05) is 22.8 Å². The van der Waals surface area contributed by atoms with E-state index in [2.05, 4.69) is 15.4 Å². The molecule has 188 valence electrons. The Hall–Kier alpha value is -3.38. The van der Waals surface area contributed by atoms with Gasteiger partial charge in [0.05, 0.1) is 30.9 Å². The smallest absolute Gasteiger partial charge is 0.475 e. The van der Waals surface area contributed by atoms with Gasteiger partial charge in [-0.05, 0) is 37.8 Å². The quantitative estimate of drug-likeness (QED) is 0.463. The summed E-state index contributed by atoms with van der Waals surface area (Å²) in [6.07, 6.45) is 0.896. The molecule has 0 unspecified atom stereocenters. The summed E-state index contributed by atoms with van der Waals surface area (Å²) in [6, 6.07) is 9.16. The Labute approximate surface area is 203 Å². The number of carbonyl (C=O) groups excluding carboxylic acids is 1. The summed E-state index contributed by atoms with van der Waals surface area (Å²) in [5.41, 5.74) is 3.80. The molecule has 2 heterocycles. The second-order valence-corrected chi connectivity index (χ2v) is 8.13. The minimum absolute atomic E-state index is 0.0748. The van der Waals surface area contributed by atoms with Crippen LogP contribution in [0.2, 0.25) is 5.02 Å². The van der Waals surface area contributed by atoms with E-state index in [1.54, 1.807) is 23.1 Å². The topological polar surface area (TPSA) is 122 Å². The summed E-state index contributed by atoms with van der Waals surface area (Å²) < 4.78 is 35.3. The van der Waals surface area contributed by atoms with E-state index in [1.165, 1.54) is 0 Å². The lowest BCUT2D eigenvalue weighted by Crippen LogP contribution is -2.22. The zero-order valence-corrected chi connectivity index (χ0v) is 19.2. The van der Waals surface area contributed by atoms with Gasteiger partial charge in [-0.1, -0.05) is 23.7 Å². The van der Waals surface area contributed by atoms with Gasteiger partial charge in [0, 0.05) is 22.3 Å². The number of imidazole rings is 1. The molecule has 1 amide bonds. The average Bonchev–Trinajstić information content (AvgIpc) is 3.38. The van der Waals surface area contributed by atoms with Gasteiger partial charge in [-0.2, -0.15) is 18.3 Å². The van der Waals surface area contributed by atoms with Gasteiger partial charge in [-0.3, -0.25) is 4.79 Å². The number of carboxylic acids is 1. The van der Waals surface area contributed by atoms with Crippen molar-refractivity contribution in [1.29, 1.82) is 0 Å². The fraction of sp³-hybridized carbons (Fsp3) is 0.364. The molecule has 0 spiro atoms. The fourth-order valence-corrected chi connectivity index (χ4v) is 3.77. The third-order valence-corrected chi connectivity index (χ3v) is 5.38. The van der Waals surface area contributed by atoms with Crippen LogP contribution in [0.15, 0.2) is 36.7 Å². The van der Waals surface area contributed by atoms with Crippen LogP contribution in [0, 0.1) is 0 Å². The number of rotatable bonds is 6. The van der Waals surface area contributed by atoms with Crippen molar-refractivity contribution >= 4 is 29.3 Å². The Kier molecular flexibility index (Phi) is 8.52. The monoisotopic (exact) mass is 513 g/mol. The summed E-state index contributed by atoms with van der Waals surface area (Å²) in [7, 11) is 0. The van der Waals surface area contributed by atoms with E-state index >= 15 is 0 Å². The number of anilines is 1. The molecule has 0 atom stereocenters. The zero-order valence-electron chi connectivity index (χ0n) is 18.4. The van der Waals surface area contributed by atoms with Crippen molar-refractivity contribution in [2.24, 2.45) is 0 Å². The highest BCUT2D eigenvalue weighted by molar-refractivity contribution is 6.30. The third-order valence-electron chi connectivity index (χ3n) is 5.15. The van der Waals surface area contributed by atoms with Crippen LogP contribution in [0.3, 0.4) is 0 Å². The van der Waals surface area contributed by atoms with E-state index in [0.717, 1.165) is 42.6 Å². The number of nitrogens with one attached hydrogen (secondary N) is 1. The van der Waals surface area contributed by atoms with Crippen LogP contribution < -0.4 is 5.32 Å². The number of aliphatic carboxylic acids is 1. The minimum atomic E-state index is -5.08. The SMILES string of the molecule is O=C(Cn1cnc2c1CCCC2)Nc1cc(-c2cccc(Cl)c2)nn1CCO.O=C(O)C(F)(F)F. The molecule has 1 aromatic carbocycles. The van der Waals surface area contributed by atoms with Crippen molar-refractivity contribution in [2.45, 2.75) is 44.9 Å². The molecule has 2 aromatic heterocycles. The van der Waals surface area contributed by atoms with E-state index in [0.29, 0.717) is 16.5 Å². The first-order chi connectivity index (χ1) is 16.6. The molecule has 1 aliphatic rings. The van der Waals surface area contributed by atoms with E-state index < -0.39 is 12.1 Å². The standard InChI is InChI=1S/C20H22ClN5O2.C2HF3O2/c21-15-5-3-4-14(10-15)17-11-19(26(24-17)8-9-27)23-20(28)12-25-13-22-16-6-1-2-7-18(16)25;3-2(4,5)1(6)7/h3-5,10-11,13,27H,1-2,6-9,12H2,(H,23,28);(H,6,7). The average molecular weight is 514 g/mol. The van der Waals surface area contributed by atoms with E-state index in [9.17, 15) is 23.1 Å². The molecule has 3 aromatic rings. The van der Waals surface area contributed by atoms with Crippen molar-refractivity contribution in [1.82, 2.24) is 19.3 Å². The lowest BCUT2D eigenvalue weighted by Gasteiger charge is -2.14. The molecule has 0 radical (unpaired) electrons. The molecule has 0 fully saturated rings. The number of aliphatic hydroxyl groups excluding tert-OH is 1. The highest BCUT2D eigenvalue weighted by Gasteiger charge is 2.38. The summed E-state index contributed by atoms with van der Waals surface area (Å²) in [6.45, 7) is 0.421. The normalized spacial score (nSPS) is 12.9. The van der Waals surface area contributed by atoms with Gasteiger partial charge < -0.3 is 20.1 Å². The number of hydrogen-bond acceptors (Lipinski definition) is 5. The zero-order chi connectivity index (χ0) is 25.6. The highest BCUT2D eigenvalue weighted by atomic mass is 35.5. The predicted octanol–water partition coefficient (Wildman–Crippen LogP) is 3.54. The van der Waals surface area contributed by atoms with Crippen molar-refractivity contribution in [2.75, 3.05) is 11.9 Å². The second kappa shape index (κ2) is 11.4. The number of aryl methyl sites for hydroxylation is 1. The van der Waals surface area contributed by atoms with E-state index in [-0.39, 0.29) is 25.6 Å². The molecule has 3 N–H and O–H groups in total. The van der Waals surface area contributed by atoms with Crippen LogP contribution in [0.5, 0.6) is 0 Å². The van der Waals surface area contributed by atoms with Gasteiger partial charge in [-0.25, -0.2) is 14.5 Å². The Morgan fingerprint density at radius 2 is 1.89 bits per heavy atom. The number of carbonyl (C=O) groups is 2. The maximum absolute atomic E-state index is 12.6. The Bertz CT molecular complexity index is 1190. The number of hydrogen-bond donors (Lipinski definition) is 3. The minimum Gasteiger partial charge on any atom is -0.475 e. The van der Waals surface area contributed by atoms with Crippen LogP contribution in [0.25, 0.3) is 11.3 Å². The number of halogens is 4. The van der Waals surface area contributed by atoms with Crippen LogP contribution in [0.4, 0.5) is 19.0 Å². The molecule has 0 bridgehead atoms. The first kappa shape index (κ1) is 26.2. The fourth-order valence-electron chi connectivity index (χ4n) is 3.58. The van der Waals surface area contributed by atoms with Crippen LogP contribution in [-0.2, 0) is 35.5 Å². The highest BCUT2D eigenvalue weighted by Crippen LogP contribution is 2.25. The molecule has 0 aliphatic heterocycles. The van der Waals surface area contributed by atoms with Crippen LogP contribution in [-0.4, -0.2) is 54.2 Å². The molecule has 9 nitrogen and oxygen atoms in total. The van der Waals surface area contributed by atoms with Gasteiger partial charge in [-0.15, -0.1) is 0 Å². The number of amides is 1. The number of fused-ring (bicyclic) bond motifs is 1. The predicted molar refractivity (Wildman–Crippen MR) is 121 cm³/mol. The molecular weight excluding hydrogens is 491 g/mol. The summed E-state index contributed by atoms with van der Waals surface area (Å²) in [5, 5.41) is 24.5. The van der Waals surface area contributed by atoms with Gasteiger partial charge in [0.2, 0.25) is 5.91 Å². The van der Waals surface area contributed by atoms with Gasteiger partial charge in [0.15, 0.2) is 0 Å². The van der Waals surface area contributed by atoms with Crippen molar-refractivity contribution < 1.29 is 33.0 Å². The molecular formula is C22H23ClF3N5O4. The molecule has 0 saturated carbocycles. The largest absolute Gasteiger partial charge is 0.490 e. The first-order valence-corrected chi connectivity index (χ1v) is 11.0. The molecule has 0 saturated heterocycles. The van der Waals surface area contributed by atoms with Gasteiger partial charge in [0.1, 0.15) is 12.4 Å². The number of aliphatic hydroxyl groups is 1. The number of alkyl halides is 3. The third kappa shape index (κ3) is 7.06. The van der Waals surface area contributed by atoms with Crippen molar-refractivity contribution in [3.63, 3.8) is 0 Å². The first-order valence-electron chi connectivity index (χ1n) is 10.7. The van der Waals surface area contributed by atoms with Crippen LogP contribution >= 0.6 is 11.6 Å². The Morgan fingerprint density at radius 1 is 1.17 bits per heavy atom. The van der Waals surface area contributed by atoms with E-state index in [4.69, 9.17) is 21.5 Å². The second-order valence-electron chi connectivity index (χ2n) is 7.70. The molecule has 13 heteroatoms. The lowest BCUT2D eigenvalue weighted by atomic mass is 10.0. The number of carboxylic acid groups (broad SMARTS) is 1. The van der Waals surface area contributed by atoms with Crippen molar-refractivity contribution in [3.8, 4) is 11.3 Å². The molecule has 1 aliphatic carbocycles. The summed E-state index contributed by atoms with van der Waals surface area (Å²) in [5.74, 6) is -2.36. The number of nitrogens with zero attached hydrogens (tertiary/aromatic N) is 4. The summed E-state index contributed by atoms with van der Waals surface area (Å²) >= 11 is 6.07. The number of aromatic nitrogens is 4. The molecule has 35 heavy (non-hydrogen) atoms. The van der Waals surface area contributed by atoms with Crippen molar-refractivity contribution in [3.05, 3.63) is 53.1 Å². The lowest BCUT2D eigenvalue weighted by molar-refractivity contribution is -0.192. The maximum atomic E-state index is 12.6. The Balaban J connectivity index is 0.000000429. The Morgan fingerprint density at radius 3 is 2.54 bits per heavy atom. The van der Waals surface area contributed by atoms with Gasteiger partial charge >= 0.3 is 12.1 Å². The summed E-state index contributed by atoms with van der Waals surface area (Å²) in [4.78, 5) is 26.0.